The summed E-state index contributed by atoms with van der Waals surface area (Å²) >= 11 is 0. The topological polar surface area (TPSA) is 110 Å². The van der Waals surface area contributed by atoms with Crippen molar-refractivity contribution >= 4 is 11.6 Å². The van der Waals surface area contributed by atoms with Crippen molar-refractivity contribution in [2.75, 3.05) is 20.7 Å². The van der Waals surface area contributed by atoms with E-state index < -0.39 is 5.60 Å². The lowest BCUT2D eigenvalue weighted by molar-refractivity contribution is -0.329. The highest BCUT2D eigenvalue weighted by Gasteiger charge is 2.62. The van der Waals surface area contributed by atoms with Crippen molar-refractivity contribution in [2.24, 2.45) is 40.4 Å². The van der Waals surface area contributed by atoms with Crippen LogP contribution in [-0.4, -0.2) is 49.1 Å². The quantitative estimate of drug-likeness (QED) is 0.182. The molecule has 1 N–H and O–H groups in total. The van der Waals surface area contributed by atoms with Gasteiger partial charge in [-0.05, 0) is 184 Å². The fourth-order valence-corrected chi connectivity index (χ4v) is 15.1. The number of ether oxygens (including phenoxy) is 4. The van der Waals surface area contributed by atoms with Crippen LogP contribution in [0.15, 0.2) is 82.0 Å². The molecule has 0 spiro atoms. The van der Waals surface area contributed by atoms with Crippen LogP contribution < -0.4 is 18.9 Å². The summed E-state index contributed by atoms with van der Waals surface area (Å²) in [4.78, 5) is 36.6. The first-order chi connectivity index (χ1) is 32.0. The Kier molecular flexibility index (Phi) is 11.0. The van der Waals surface area contributed by atoms with Gasteiger partial charge in [0.05, 0.1) is 18.9 Å². The maximum atomic E-state index is 13.1. The van der Waals surface area contributed by atoms with E-state index in [0.717, 1.165) is 106 Å². The van der Waals surface area contributed by atoms with E-state index in [1.807, 2.05) is 50.3 Å². The van der Waals surface area contributed by atoms with Crippen LogP contribution in [0.1, 0.15) is 134 Å². The number of benzene rings is 2. The van der Waals surface area contributed by atoms with E-state index in [2.05, 4.69) is 49.7 Å². The number of hydrogen-bond donors (Lipinski definition) is 1. The molecule has 8 aliphatic carbocycles. The Hall–Kier alpha value is -5.06. The van der Waals surface area contributed by atoms with Crippen molar-refractivity contribution in [1.82, 2.24) is 0 Å². The van der Waals surface area contributed by atoms with Gasteiger partial charge in [0.1, 0.15) is 11.7 Å². The number of ketones is 2. The third kappa shape index (κ3) is 6.85. The number of aliphatic hydroxyl groups is 1. The number of carbonyl (C=O) groups excluding carboxylic acids is 2. The second kappa shape index (κ2) is 16.6. The van der Waals surface area contributed by atoms with Crippen molar-refractivity contribution < 1.29 is 43.4 Å². The molecule has 2 aromatic carbocycles. The first-order valence-corrected chi connectivity index (χ1v) is 24.5. The zero-order valence-electron chi connectivity index (χ0n) is 39.1. The number of rotatable bonds is 4. The highest BCUT2D eigenvalue weighted by Crippen LogP contribution is 2.67. The molecule has 4 fully saturated rings. The van der Waals surface area contributed by atoms with Crippen LogP contribution in [-0.2, 0) is 19.4 Å². The molecule has 0 saturated heterocycles. The van der Waals surface area contributed by atoms with E-state index in [-0.39, 0.29) is 59.8 Å². The van der Waals surface area contributed by atoms with Gasteiger partial charge in [-0.25, -0.2) is 9.78 Å². The molecule has 0 radical (unpaired) electrons. The van der Waals surface area contributed by atoms with Gasteiger partial charge in [-0.15, -0.1) is 11.8 Å². The average molecular weight is 891 g/mol. The lowest BCUT2D eigenvalue weighted by Crippen LogP contribution is -2.49. The second-order valence-electron chi connectivity index (χ2n) is 21.0. The van der Waals surface area contributed by atoms with E-state index in [0.29, 0.717) is 30.1 Å². The van der Waals surface area contributed by atoms with E-state index in [4.69, 9.17) is 28.7 Å². The fourth-order valence-electron chi connectivity index (χ4n) is 15.1. The lowest BCUT2D eigenvalue weighted by atomic mass is 9.53. The minimum atomic E-state index is -0.865. The molecular formula is C57H62O9. The molecule has 1 unspecified atom stereocenters. The minimum Gasteiger partial charge on any atom is -0.454 e. The molecule has 344 valence electrons. The number of carbonyl (C=O) groups is 2. The van der Waals surface area contributed by atoms with Crippen LogP contribution in [0.2, 0.25) is 0 Å². The van der Waals surface area contributed by atoms with Crippen LogP contribution in [0.4, 0.5) is 0 Å². The smallest absolute Gasteiger partial charge is 0.231 e. The average Bonchev–Trinajstić information content (AvgIpc) is 4.10. The van der Waals surface area contributed by atoms with Crippen LogP contribution in [0, 0.1) is 64.1 Å². The SMILES string of the molecule is CC#CC1C[C@H]2[C@@H]3CCC4=CC(=O)CCC4=C3[C@@H](c3ccc4c(c3)OCO4)C[C@]2(C)[C@H]1OOC.CC#C[C@]1(O)CC[C@H]2[C@@H]3CCC4=CC(=O)[C@@H](c5ccc6c(c5)OCO6)CC4=C3CC[C@@]21C. The molecule has 0 amide bonds. The molecular weight excluding hydrogens is 829 g/mol. The summed E-state index contributed by atoms with van der Waals surface area (Å²) in [6, 6.07) is 12.3. The second-order valence-corrected chi connectivity index (χ2v) is 21.0. The molecule has 66 heavy (non-hydrogen) atoms. The number of allylic oxidation sites excluding steroid dienone is 8. The van der Waals surface area contributed by atoms with Crippen LogP contribution in [0.5, 0.6) is 23.0 Å². The fraction of sp³-hybridized carbons (Fsp3) is 0.544. The summed E-state index contributed by atoms with van der Waals surface area (Å²) in [5.41, 5.74) is 9.68. The van der Waals surface area contributed by atoms with Gasteiger partial charge in [-0.2, -0.15) is 0 Å². The van der Waals surface area contributed by atoms with Crippen molar-refractivity contribution in [3.8, 4) is 46.7 Å². The molecule has 2 aromatic rings. The lowest BCUT2D eigenvalue weighted by Gasteiger charge is -2.52. The summed E-state index contributed by atoms with van der Waals surface area (Å²) in [6.45, 7) is 8.91. The van der Waals surface area contributed by atoms with E-state index in [9.17, 15) is 14.7 Å². The number of fused-ring (bicyclic) bond motifs is 10. The Balaban J connectivity index is 0.000000146. The van der Waals surface area contributed by atoms with Gasteiger partial charge in [-0.3, -0.25) is 9.59 Å². The predicted octanol–water partition coefficient (Wildman–Crippen LogP) is 10.6. The summed E-state index contributed by atoms with van der Waals surface area (Å²) in [5.74, 6) is 18.5. The van der Waals surface area contributed by atoms with Crippen LogP contribution in [0.25, 0.3) is 0 Å². The van der Waals surface area contributed by atoms with Gasteiger partial charge in [0, 0.05) is 23.2 Å². The molecule has 9 nitrogen and oxygen atoms in total. The molecule has 2 heterocycles. The first-order valence-electron chi connectivity index (χ1n) is 24.5. The molecule has 12 rings (SSSR count). The van der Waals surface area contributed by atoms with Crippen LogP contribution in [0.3, 0.4) is 0 Å². The van der Waals surface area contributed by atoms with Crippen molar-refractivity contribution in [3.63, 3.8) is 0 Å². The Labute approximate surface area is 389 Å². The van der Waals surface area contributed by atoms with E-state index >= 15 is 0 Å². The zero-order valence-corrected chi connectivity index (χ0v) is 39.1. The third-order valence-electron chi connectivity index (χ3n) is 18.1. The van der Waals surface area contributed by atoms with Crippen molar-refractivity contribution in [1.29, 1.82) is 0 Å². The monoisotopic (exact) mass is 890 g/mol. The Morgan fingerprint density at radius 2 is 1.41 bits per heavy atom. The first kappa shape index (κ1) is 43.5. The van der Waals surface area contributed by atoms with Gasteiger partial charge >= 0.3 is 0 Å². The molecule has 9 heteroatoms. The van der Waals surface area contributed by atoms with Gasteiger partial charge in [-0.1, -0.05) is 49.0 Å². The minimum absolute atomic E-state index is 0.0635. The summed E-state index contributed by atoms with van der Waals surface area (Å²) in [7, 11) is 1.61. The summed E-state index contributed by atoms with van der Waals surface area (Å²) < 4.78 is 22.4. The van der Waals surface area contributed by atoms with Gasteiger partial charge in [0.25, 0.3) is 0 Å². The number of hydrogen-bond acceptors (Lipinski definition) is 9. The van der Waals surface area contributed by atoms with Crippen molar-refractivity contribution in [2.45, 2.75) is 135 Å². The maximum Gasteiger partial charge on any atom is 0.231 e. The Bertz CT molecular complexity index is 2640. The van der Waals surface area contributed by atoms with Crippen LogP contribution >= 0.6 is 0 Å². The molecule has 0 aromatic heterocycles. The van der Waals surface area contributed by atoms with Gasteiger partial charge in [0.15, 0.2) is 34.6 Å². The standard InChI is InChI=1S/C29H32O5.C28H30O4/c1-4-5-19-13-24-22-9-6-17-12-20(30)8-10-21(17)27(22)23(15-29(24,2)28(19)34-31-3)18-7-11-25-26(14-18)33-16-32-25;1-3-10-28(30)12-9-23-20-6-4-17-13-24(29)22(15-21(17)19(20)8-11-27(23,28)2)18-5-7-25-26(14-18)32-16-31-25/h7,11-12,14,19,22-24,28H,6,8-10,13,15-16H2,1-3H3;5,7,13-14,20,22-23,30H,4,6,8-9,11-12,15-16H2,1-2H3/t19?,22-,23+,24-,28-,29-;20-,22-,23+,27+,28+/m01/s1. The van der Waals surface area contributed by atoms with E-state index in [1.165, 1.54) is 27.9 Å². The molecule has 4 saturated carbocycles. The van der Waals surface area contributed by atoms with Gasteiger partial charge in [0.2, 0.25) is 13.6 Å². The molecule has 11 atom stereocenters. The van der Waals surface area contributed by atoms with E-state index in [1.54, 1.807) is 18.3 Å². The predicted molar refractivity (Wildman–Crippen MR) is 248 cm³/mol. The normalized spacial score (nSPS) is 36.4. The summed E-state index contributed by atoms with van der Waals surface area (Å²) in [6.07, 6.45) is 15.9. The highest BCUT2D eigenvalue weighted by molar-refractivity contribution is 5.98. The maximum absolute atomic E-state index is 13.1. The highest BCUT2D eigenvalue weighted by atomic mass is 17.2. The summed E-state index contributed by atoms with van der Waals surface area (Å²) in [5, 5.41) is 11.4. The zero-order chi connectivity index (χ0) is 45.5. The molecule has 10 aliphatic rings. The Morgan fingerprint density at radius 3 is 2.11 bits per heavy atom. The molecule has 2 aliphatic heterocycles. The van der Waals surface area contributed by atoms with Crippen molar-refractivity contribution in [3.05, 3.63) is 93.1 Å². The third-order valence-corrected chi connectivity index (χ3v) is 18.1. The largest absolute Gasteiger partial charge is 0.454 e. The Morgan fingerprint density at radius 1 is 0.727 bits per heavy atom. The molecule has 0 bridgehead atoms. The van der Waals surface area contributed by atoms with Gasteiger partial charge < -0.3 is 24.1 Å².